The zero-order valence-corrected chi connectivity index (χ0v) is 12.7. The SMILES string of the molecule is CS(=O)(=O)CCS(=O)(=O)Nc1ccc(Cl)cc1C(=O)O. The van der Waals surface area contributed by atoms with Crippen LogP contribution in [0.25, 0.3) is 0 Å². The Bertz CT molecular complexity index is 726. The molecule has 0 aliphatic carbocycles. The molecule has 20 heavy (non-hydrogen) atoms. The van der Waals surface area contributed by atoms with Gasteiger partial charge < -0.3 is 5.11 Å². The van der Waals surface area contributed by atoms with Crippen molar-refractivity contribution in [3.05, 3.63) is 28.8 Å². The number of anilines is 1. The highest BCUT2D eigenvalue weighted by Gasteiger charge is 2.18. The van der Waals surface area contributed by atoms with Gasteiger partial charge in [0.1, 0.15) is 9.84 Å². The van der Waals surface area contributed by atoms with Crippen molar-refractivity contribution in [2.24, 2.45) is 0 Å². The van der Waals surface area contributed by atoms with E-state index in [0.717, 1.165) is 12.3 Å². The van der Waals surface area contributed by atoms with E-state index in [1.54, 1.807) is 0 Å². The number of sulfonamides is 1. The average Bonchev–Trinajstić information content (AvgIpc) is 2.28. The van der Waals surface area contributed by atoms with Crippen molar-refractivity contribution in [2.45, 2.75) is 0 Å². The number of aromatic carboxylic acids is 1. The lowest BCUT2D eigenvalue weighted by molar-refractivity contribution is 0.0698. The van der Waals surface area contributed by atoms with E-state index in [2.05, 4.69) is 0 Å². The van der Waals surface area contributed by atoms with Gasteiger partial charge in [0.15, 0.2) is 0 Å². The molecule has 0 aromatic heterocycles. The maximum Gasteiger partial charge on any atom is 0.337 e. The first-order valence-electron chi connectivity index (χ1n) is 5.21. The van der Waals surface area contributed by atoms with Crippen LogP contribution in [0.2, 0.25) is 5.02 Å². The second kappa shape index (κ2) is 5.98. The third-order valence-corrected chi connectivity index (χ3v) is 4.91. The molecule has 2 N–H and O–H groups in total. The number of carbonyl (C=O) groups is 1. The summed E-state index contributed by atoms with van der Waals surface area (Å²) in [6, 6.07) is 3.62. The molecule has 0 radical (unpaired) electrons. The Balaban J connectivity index is 3.01. The molecule has 1 rings (SSSR count). The van der Waals surface area contributed by atoms with Crippen LogP contribution in [-0.2, 0) is 19.9 Å². The first-order chi connectivity index (χ1) is 9.00. The number of hydrogen-bond donors (Lipinski definition) is 2. The van der Waals surface area contributed by atoms with Crippen LogP contribution in [0.4, 0.5) is 5.69 Å². The molecule has 0 saturated heterocycles. The fourth-order valence-corrected chi connectivity index (χ4v) is 4.14. The molecule has 0 atom stereocenters. The van der Waals surface area contributed by atoms with Crippen molar-refractivity contribution in [2.75, 3.05) is 22.5 Å². The predicted octanol–water partition coefficient (Wildman–Crippen LogP) is 0.825. The molecule has 0 saturated carbocycles. The Morgan fingerprint density at radius 2 is 1.85 bits per heavy atom. The minimum absolute atomic E-state index is 0.140. The number of rotatable bonds is 6. The van der Waals surface area contributed by atoms with Gasteiger partial charge in [0.2, 0.25) is 10.0 Å². The Morgan fingerprint density at radius 3 is 2.35 bits per heavy atom. The summed E-state index contributed by atoms with van der Waals surface area (Å²) < 4.78 is 47.3. The minimum atomic E-state index is -3.97. The Labute approximate surface area is 121 Å². The number of hydrogen-bond acceptors (Lipinski definition) is 5. The molecule has 0 spiro atoms. The smallest absolute Gasteiger partial charge is 0.337 e. The highest BCUT2D eigenvalue weighted by molar-refractivity contribution is 7.95. The van der Waals surface area contributed by atoms with Gasteiger partial charge in [0.25, 0.3) is 0 Å². The fraction of sp³-hybridized carbons (Fsp3) is 0.300. The maximum absolute atomic E-state index is 11.7. The van der Waals surface area contributed by atoms with Crippen LogP contribution in [0.5, 0.6) is 0 Å². The molecule has 10 heteroatoms. The zero-order chi connectivity index (χ0) is 15.6. The van der Waals surface area contributed by atoms with Gasteiger partial charge in [-0.1, -0.05) is 11.6 Å². The van der Waals surface area contributed by atoms with Gasteiger partial charge in [-0.15, -0.1) is 0 Å². The lowest BCUT2D eigenvalue weighted by Crippen LogP contribution is -2.23. The van der Waals surface area contributed by atoms with Gasteiger partial charge in [-0.05, 0) is 18.2 Å². The molecule has 0 aliphatic rings. The topological polar surface area (TPSA) is 118 Å². The highest BCUT2D eigenvalue weighted by atomic mass is 35.5. The largest absolute Gasteiger partial charge is 0.478 e. The number of benzene rings is 1. The molecule has 0 heterocycles. The number of sulfone groups is 1. The molecular weight excluding hydrogens is 330 g/mol. The van der Waals surface area contributed by atoms with Crippen LogP contribution in [0.15, 0.2) is 18.2 Å². The van der Waals surface area contributed by atoms with E-state index >= 15 is 0 Å². The lowest BCUT2D eigenvalue weighted by Gasteiger charge is -2.10. The van der Waals surface area contributed by atoms with Gasteiger partial charge in [-0.3, -0.25) is 4.72 Å². The monoisotopic (exact) mass is 341 g/mol. The number of carboxylic acids is 1. The summed E-state index contributed by atoms with van der Waals surface area (Å²) >= 11 is 5.63. The Hall–Kier alpha value is -1.32. The van der Waals surface area contributed by atoms with Crippen molar-refractivity contribution in [1.29, 1.82) is 0 Å². The van der Waals surface area contributed by atoms with E-state index in [-0.39, 0.29) is 16.3 Å². The lowest BCUT2D eigenvalue weighted by atomic mass is 10.2. The summed E-state index contributed by atoms with van der Waals surface area (Å²) in [7, 11) is -7.41. The minimum Gasteiger partial charge on any atom is -0.478 e. The second-order valence-corrected chi connectivity index (χ2v) is 8.58. The average molecular weight is 342 g/mol. The fourth-order valence-electron chi connectivity index (χ4n) is 1.26. The van der Waals surface area contributed by atoms with E-state index in [4.69, 9.17) is 16.7 Å². The first-order valence-corrected chi connectivity index (χ1v) is 9.30. The summed E-state index contributed by atoms with van der Waals surface area (Å²) in [6.45, 7) is 0. The van der Waals surface area contributed by atoms with Crippen LogP contribution >= 0.6 is 11.6 Å². The van der Waals surface area contributed by atoms with Crippen LogP contribution in [-0.4, -0.2) is 45.7 Å². The van der Waals surface area contributed by atoms with Crippen molar-refractivity contribution >= 4 is 43.1 Å². The zero-order valence-electron chi connectivity index (χ0n) is 10.3. The van der Waals surface area contributed by atoms with Crippen LogP contribution < -0.4 is 4.72 Å². The van der Waals surface area contributed by atoms with E-state index in [0.29, 0.717) is 0 Å². The van der Waals surface area contributed by atoms with Gasteiger partial charge in [0, 0.05) is 11.3 Å². The van der Waals surface area contributed by atoms with E-state index < -0.39 is 37.3 Å². The van der Waals surface area contributed by atoms with Crippen LogP contribution in [0.3, 0.4) is 0 Å². The van der Waals surface area contributed by atoms with Gasteiger partial charge in [-0.2, -0.15) is 0 Å². The van der Waals surface area contributed by atoms with Crippen molar-refractivity contribution in [3.63, 3.8) is 0 Å². The molecule has 0 aliphatic heterocycles. The molecule has 0 fully saturated rings. The van der Waals surface area contributed by atoms with E-state index in [9.17, 15) is 21.6 Å². The molecule has 1 aromatic rings. The maximum atomic E-state index is 11.7. The second-order valence-electron chi connectivity index (χ2n) is 4.05. The Kier molecular flexibility index (Phi) is 5.00. The standard InChI is InChI=1S/C10H12ClNO6S2/c1-19(15,16)4-5-20(17,18)12-9-3-2-7(11)6-8(9)10(13)14/h2-3,6,12H,4-5H2,1H3,(H,13,14). The normalized spacial score (nSPS) is 12.1. The molecule has 0 unspecified atom stereocenters. The molecule has 112 valence electrons. The number of carboxylic acid groups (broad SMARTS) is 1. The van der Waals surface area contributed by atoms with E-state index in [1.807, 2.05) is 4.72 Å². The number of nitrogens with one attached hydrogen (secondary N) is 1. The Morgan fingerprint density at radius 1 is 1.25 bits per heavy atom. The predicted molar refractivity (Wildman–Crippen MR) is 75.5 cm³/mol. The quantitative estimate of drug-likeness (QED) is 0.791. The summed E-state index contributed by atoms with van der Waals surface area (Å²) in [6.07, 6.45) is 0.910. The summed E-state index contributed by atoms with van der Waals surface area (Å²) in [4.78, 5) is 11.0. The molecular formula is C10H12ClNO6S2. The first kappa shape index (κ1) is 16.7. The third-order valence-electron chi connectivity index (χ3n) is 2.20. The van der Waals surface area contributed by atoms with E-state index in [1.165, 1.54) is 12.1 Å². The van der Waals surface area contributed by atoms with Crippen molar-refractivity contribution in [3.8, 4) is 0 Å². The highest BCUT2D eigenvalue weighted by Crippen LogP contribution is 2.21. The molecule has 0 bridgehead atoms. The van der Waals surface area contributed by atoms with Gasteiger partial charge >= 0.3 is 5.97 Å². The van der Waals surface area contributed by atoms with Crippen LogP contribution in [0.1, 0.15) is 10.4 Å². The third kappa shape index (κ3) is 5.35. The van der Waals surface area contributed by atoms with Gasteiger partial charge in [0.05, 0.1) is 22.8 Å². The molecule has 7 nitrogen and oxygen atoms in total. The summed E-state index contributed by atoms with van der Waals surface area (Å²) in [5.74, 6) is -2.57. The van der Waals surface area contributed by atoms with Crippen molar-refractivity contribution < 1.29 is 26.7 Å². The van der Waals surface area contributed by atoms with Crippen molar-refractivity contribution in [1.82, 2.24) is 0 Å². The molecule has 1 aromatic carbocycles. The summed E-state index contributed by atoms with van der Waals surface area (Å²) in [5, 5.41) is 9.10. The van der Waals surface area contributed by atoms with Crippen LogP contribution in [0, 0.1) is 0 Å². The van der Waals surface area contributed by atoms with Gasteiger partial charge in [-0.25, -0.2) is 21.6 Å². The number of halogens is 1. The summed E-state index contributed by atoms with van der Waals surface area (Å²) in [5.41, 5.74) is -0.490. The molecule has 0 amide bonds.